The first kappa shape index (κ1) is 20.2. The number of anilines is 1. The van der Waals surface area contributed by atoms with Crippen LogP contribution in [0.2, 0.25) is 0 Å². The molecule has 0 radical (unpaired) electrons. The molecule has 2 aromatic rings. The number of hydrogen-bond acceptors (Lipinski definition) is 6. The summed E-state index contributed by atoms with van der Waals surface area (Å²) in [6, 6.07) is 15.2. The Morgan fingerprint density at radius 2 is 1.68 bits per heavy atom. The van der Waals surface area contributed by atoms with Gasteiger partial charge in [0.25, 0.3) is 0 Å². The van der Waals surface area contributed by atoms with E-state index in [1.165, 1.54) is 6.92 Å². The second-order valence-corrected chi connectivity index (χ2v) is 6.98. The van der Waals surface area contributed by atoms with E-state index in [2.05, 4.69) is 15.9 Å². The number of β-amino-alcohol motifs (C(OH)–C–C–N with tert-alkyl or cyclic N) is 1. The van der Waals surface area contributed by atoms with Crippen molar-refractivity contribution in [3.05, 3.63) is 54.1 Å². The Hall–Kier alpha value is -2.57. The van der Waals surface area contributed by atoms with Gasteiger partial charge in [0, 0.05) is 32.7 Å². The lowest BCUT2D eigenvalue weighted by Gasteiger charge is -2.37. The van der Waals surface area contributed by atoms with Gasteiger partial charge in [0.15, 0.2) is 5.78 Å². The van der Waals surface area contributed by atoms with E-state index < -0.39 is 6.10 Å². The van der Waals surface area contributed by atoms with Crippen LogP contribution in [0.5, 0.6) is 11.5 Å². The van der Waals surface area contributed by atoms with Crippen molar-refractivity contribution in [1.82, 2.24) is 4.90 Å². The number of para-hydroxylation sites is 3. The zero-order valence-electron chi connectivity index (χ0n) is 16.5. The fourth-order valence-electron chi connectivity index (χ4n) is 3.48. The maximum absolute atomic E-state index is 11.7. The second-order valence-electron chi connectivity index (χ2n) is 6.98. The van der Waals surface area contributed by atoms with Crippen molar-refractivity contribution in [3.63, 3.8) is 0 Å². The van der Waals surface area contributed by atoms with Crippen LogP contribution in [0.3, 0.4) is 0 Å². The molecule has 150 valence electrons. The Bertz CT molecular complexity index is 788. The summed E-state index contributed by atoms with van der Waals surface area (Å²) in [7, 11) is 1.69. The number of benzene rings is 2. The molecule has 0 saturated carbocycles. The molecule has 1 heterocycles. The number of carbonyl (C=O) groups is 1. The molecule has 0 aromatic heterocycles. The average molecular weight is 384 g/mol. The van der Waals surface area contributed by atoms with Crippen LogP contribution in [0.25, 0.3) is 0 Å². The molecule has 1 aliphatic heterocycles. The summed E-state index contributed by atoms with van der Waals surface area (Å²) in [6.07, 6.45) is -0.613. The fourth-order valence-corrected chi connectivity index (χ4v) is 3.48. The molecular weight excluding hydrogens is 356 g/mol. The minimum absolute atomic E-state index is 0.0439. The molecule has 6 nitrogen and oxygen atoms in total. The highest BCUT2D eigenvalue weighted by molar-refractivity contribution is 5.96. The number of hydrogen-bond donors (Lipinski definition) is 1. The fraction of sp³-hybridized carbons (Fsp3) is 0.409. The number of aliphatic hydroxyl groups excluding tert-OH is 1. The molecule has 0 unspecified atom stereocenters. The zero-order chi connectivity index (χ0) is 19.9. The molecule has 1 N–H and O–H groups in total. The summed E-state index contributed by atoms with van der Waals surface area (Å²) in [5, 5.41) is 10.4. The van der Waals surface area contributed by atoms with Crippen molar-refractivity contribution in [2.24, 2.45) is 0 Å². The Morgan fingerprint density at radius 1 is 1.04 bits per heavy atom. The number of ketones is 1. The largest absolute Gasteiger partial charge is 0.495 e. The Kier molecular flexibility index (Phi) is 6.90. The van der Waals surface area contributed by atoms with Gasteiger partial charge >= 0.3 is 0 Å². The van der Waals surface area contributed by atoms with Crippen LogP contribution < -0.4 is 14.4 Å². The molecule has 1 fully saturated rings. The summed E-state index contributed by atoms with van der Waals surface area (Å²) in [5.41, 5.74) is 1.65. The second kappa shape index (κ2) is 9.57. The third-order valence-corrected chi connectivity index (χ3v) is 4.96. The van der Waals surface area contributed by atoms with Gasteiger partial charge < -0.3 is 19.5 Å². The highest BCUT2D eigenvalue weighted by atomic mass is 16.5. The maximum Gasteiger partial charge on any atom is 0.163 e. The third kappa shape index (κ3) is 5.03. The quantitative estimate of drug-likeness (QED) is 0.706. The summed E-state index contributed by atoms with van der Waals surface area (Å²) in [6.45, 7) is 5.69. The lowest BCUT2D eigenvalue weighted by Crippen LogP contribution is -2.49. The number of carbonyl (C=O) groups excluding carboxylic acids is 1. The van der Waals surface area contributed by atoms with Crippen molar-refractivity contribution in [2.45, 2.75) is 13.0 Å². The standard InChI is InChI=1S/C22H28N2O4/c1-17(25)19-7-3-5-9-21(19)28-16-18(26)15-23-11-13-24(14-12-23)20-8-4-6-10-22(20)27-2/h3-10,18,26H,11-16H2,1-2H3/t18-/m1/s1. The van der Waals surface area contributed by atoms with Gasteiger partial charge in [-0.2, -0.15) is 0 Å². The van der Waals surface area contributed by atoms with Crippen molar-refractivity contribution in [3.8, 4) is 11.5 Å². The van der Waals surface area contributed by atoms with Crippen molar-refractivity contribution < 1.29 is 19.4 Å². The molecule has 3 rings (SSSR count). The molecule has 28 heavy (non-hydrogen) atoms. The highest BCUT2D eigenvalue weighted by Gasteiger charge is 2.21. The minimum Gasteiger partial charge on any atom is -0.495 e. The smallest absolute Gasteiger partial charge is 0.163 e. The minimum atomic E-state index is -0.613. The molecule has 6 heteroatoms. The van der Waals surface area contributed by atoms with E-state index >= 15 is 0 Å². The Balaban J connectivity index is 1.48. The Labute approximate surface area is 166 Å². The van der Waals surface area contributed by atoms with Crippen LogP contribution in [0, 0.1) is 0 Å². The molecule has 0 bridgehead atoms. The van der Waals surface area contributed by atoms with E-state index in [4.69, 9.17) is 9.47 Å². The maximum atomic E-state index is 11.7. The summed E-state index contributed by atoms with van der Waals surface area (Å²) >= 11 is 0. The zero-order valence-corrected chi connectivity index (χ0v) is 16.5. The van der Waals surface area contributed by atoms with Gasteiger partial charge in [-0.1, -0.05) is 24.3 Å². The first-order valence-electron chi connectivity index (χ1n) is 9.59. The lowest BCUT2D eigenvalue weighted by atomic mass is 10.1. The van der Waals surface area contributed by atoms with Crippen LogP contribution >= 0.6 is 0 Å². The van der Waals surface area contributed by atoms with Crippen LogP contribution in [0.4, 0.5) is 5.69 Å². The third-order valence-electron chi connectivity index (χ3n) is 4.96. The molecule has 0 amide bonds. The molecule has 1 atom stereocenters. The van der Waals surface area contributed by atoms with Crippen LogP contribution in [-0.2, 0) is 0 Å². The van der Waals surface area contributed by atoms with Gasteiger partial charge in [0.1, 0.15) is 24.2 Å². The summed E-state index contributed by atoms with van der Waals surface area (Å²) in [5.74, 6) is 1.36. The number of ether oxygens (including phenoxy) is 2. The number of methoxy groups -OCH3 is 1. The van der Waals surface area contributed by atoms with Gasteiger partial charge in [0.05, 0.1) is 18.4 Å². The molecule has 1 saturated heterocycles. The van der Waals surface area contributed by atoms with E-state index in [1.807, 2.05) is 24.3 Å². The number of nitrogens with zero attached hydrogens (tertiary/aromatic N) is 2. The predicted molar refractivity (Wildman–Crippen MR) is 110 cm³/mol. The van der Waals surface area contributed by atoms with E-state index in [1.54, 1.807) is 25.3 Å². The van der Waals surface area contributed by atoms with Crippen LogP contribution in [0.15, 0.2) is 48.5 Å². The lowest BCUT2D eigenvalue weighted by molar-refractivity contribution is 0.0656. The normalized spacial score (nSPS) is 15.9. The first-order valence-corrected chi connectivity index (χ1v) is 9.59. The molecule has 0 aliphatic carbocycles. The van der Waals surface area contributed by atoms with Crippen molar-refractivity contribution in [2.75, 3.05) is 51.3 Å². The van der Waals surface area contributed by atoms with E-state index in [0.29, 0.717) is 17.9 Å². The SMILES string of the molecule is COc1ccccc1N1CCN(C[C@@H](O)COc2ccccc2C(C)=O)CC1. The average Bonchev–Trinajstić information content (AvgIpc) is 2.73. The molecule has 2 aromatic carbocycles. The van der Waals surface area contributed by atoms with Gasteiger partial charge in [-0.15, -0.1) is 0 Å². The highest BCUT2D eigenvalue weighted by Crippen LogP contribution is 2.28. The predicted octanol–water partition coefficient (Wildman–Crippen LogP) is 2.46. The van der Waals surface area contributed by atoms with Gasteiger partial charge in [-0.05, 0) is 31.2 Å². The van der Waals surface area contributed by atoms with Crippen LogP contribution in [0.1, 0.15) is 17.3 Å². The summed E-state index contributed by atoms with van der Waals surface area (Å²) < 4.78 is 11.2. The number of Topliss-reactive ketones (excluding diaryl/α,β-unsaturated/α-hetero) is 1. The molecule has 1 aliphatic rings. The topological polar surface area (TPSA) is 62.2 Å². The number of piperazine rings is 1. The number of rotatable bonds is 8. The van der Waals surface area contributed by atoms with Crippen molar-refractivity contribution in [1.29, 1.82) is 0 Å². The first-order chi connectivity index (χ1) is 13.6. The van der Waals surface area contributed by atoms with E-state index in [0.717, 1.165) is 37.6 Å². The van der Waals surface area contributed by atoms with Gasteiger partial charge in [-0.25, -0.2) is 0 Å². The van der Waals surface area contributed by atoms with Crippen molar-refractivity contribution >= 4 is 11.5 Å². The van der Waals surface area contributed by atoms with Crippen LogP contribution in [-0.4, -0.2) is 68.3 Å². The van der Waals surface area contributed by atoms with E-state index in [-0.39, 0.29) is 12.4 Å². The van der Waals surface area contributed by atoms with Gasteiger partial charge in [0.2, 0.25) is 0 Å². The molecule has 0 spiro atoms. The number of aliphatic hydroxyl groups is 1. The van der Waals surface area contributed by atoms with Gasteiger partial charge in [-0.3, -0.25) is 9.69 Å². The Morgan fingerprint density at radius 3 is 2.36 bits per heavy atom. The summed E-state index contributed by atoms with van der Waals surface area (Å²) in [4.78, 5) is 16.2. The monoisotopic (exact) mass is 384 g/mol. The molecular formula is C22H28N2O4. The van der Waals surface area contributed by atoms with E-state index in [9.17, 15) is 9.90 Å².